The Morgan fingerprint density at radius 2 is 1.76 bits per heavy atom. The highest BCUT2D eigenvalue weighted by Crippen LogP contribution is 2.34. The lowest BCUT2D eigenvalue weighted by Crippen LogP contribution is -2.00. The zero-order valence-corrected chi connectivity index (χ0v) is 12.6. The van der Waals surface area contributed by atoms with Gasteiger partial charge in [0.1, 0.15) is 5.75 Å². The average molecular weight is 296 g/mol. The molecule has 0 bridgehead atoms. The van der Waals surface area contributed by atoms with Crippen molar-refractivity contribution in [2.45, 2.75) is 11.4 Å². The molecule has 106 valence electrons. The van der Waals surface area contributed by atoms with Gasteiger partial charge in [0, 0.05) is 23.0 Å². The molecule has 3 rings (SSSR count). The molecule has 0 aliphatic heterocycles. The van der Waals surface area contributed by atoms with Crippen molar-refractivity contribution in [1.29, 1.82) is 0 Å². The molecule has 1 heterocycles. The molecule has 0 aliphatic rings. The Morgan fingerprint density at radius 3 is 2.52 bits per heavy atom. The van der Waals surface area contributed by atoms with E-state index in [2.05, 4.69) is 4.98 Å². The van der Waals surface area contributed by atoms with Gasteiger partial charge in [-0.05, 0) is 35.4 Å². The number of aromatic nitrogens is 1. The summed E-state index contributed by atoms with van der Waals surface area (Å²) in [5.41, 5.74) is 6.80. The molecule has 2 aromatic carbocycles. The second-order valence-electron chi connectivity index (χ2n) is 4.59. The van der Waals surface area contributed by atoms with Gasteiger partial charge in [-0.2, -0.15) is 0 Å². The number of thioether (sulfide) groups is 1. The number of nitrogens with two attached hydrogens (primary N) is 1. The molecule has 21 heavy (non-hydrogen) atoms. The standard InChI is InChI=1S/C17H16N2OS/c1-21-16-9-5-4-8-15(16)20-17-14-7-3-2-6-13(14)12(10-18)11-19-17/h2-9,11H,10,18H2,1H3. The van der Waals surface area contributed by atoms with E-state index in [1.807, 2.05) is 54.8 Å². The Hall–Kier alpha value is -2.04. The van der Waals surface area contributed by atoms with Gasteiger partial charge in [0.15, 0.2) is 0 Å². The van der Waals surface area contributed by atoms with Gasteiger partial charge in [-0.3, -0.25) is 0 Å². The maximum Gasteiger partial charge on any atom is 0.227 e. The summed E-state index contributed by atoms with van der Waals surface area (Å²) < 4.78 is 6.04. The predicted octanol–water partition coefficient (Wildman–Crippen LogP) is 4.21. The van der Waals surface area contributed by atoms with Crippen LogP contribution in [-0.4, -0.2) is 11.2 Å². The number of pyridine rings is 1. The maximum absolute atomic E-state index is 6.04. The van der Waals surface area contributed by atoms with Crippen LogP contribution in [-0.2, 0) is 6.54 Å². The van der Waals surface area contributed by atoms with Gasteiger partial charge in [-0.25, -0.2) is 4.98 Å². The van der Waals surface area contributed by atoms with Crippen LogP contribution in [0.4, 0.5) is 0 Å². The van der Waals surface area contributed by atoms with Crippen LogP contribution in [0.1, 0.15) is 5.56 Å². The highest BCUT2D eigenvalue weighted by molar-refractivity contribution is 7.98. The third-order valence-corrected chi connectivity index (χ3v) is 4.11. The fraction of sp³-hybridized carbons (Fsp3) is 0.118. The van der Waals surface area contributed by atoms with E-state index >= 15 is 0 Å². The number of fused-ring (bicyclic) bond motifs is 1. The molecule has 0 fully saturated rings. The van der Waals surface area contributed by atoms with Gasteiger partial charge < -0.3 is 10.5 Å². The molecular formula is C17H16N2OS. The van der Waals surface area contributed by atoms with Crippen molar-refractivity contribution in [2.24, 2.45) is 5.73 Å². The van der Waals surface area contributed by atoms with E-state index in [0.29, 0.717) is 12.4 Å². The Balaban J connectivity index is 2.09. The van der Waals surface area contributed by atoms with Crippen molar-refractivity contribution >= 4 is 22.5 Å². The molecular weight excluding hydrogens is 280 g/mol. The van der Waals surface area contributed by atoms with Gasteiger partial charge in [0.2, 0.25) is 5.88 Å². The first kappa shape index (κ1) is 13.9. The first-order valence-electron chi connectivity index (χ1n) is 6.71. The number of hydrogen-bond donors (Lipinski definition) is 1. The van der Waals surface area contributed by atoms with Crippen molar-refractivity contribution in [1.82, 2.24) is 4.98 Å². The van der Waals surface area contributed by atoms with Gasteiger partial charge in [-0.15, -0.1) is 11.8 Å². The minimum absolute atomic E-state index is 0.467. The molecule has 1 aromatic heterocycles. The lowest BCUT2D eigenvalue weighted by molar-refractivity contribution is 0.458. The highest BCUT2D eigenvalue weighted by Gasteiger charge is 2.10. The van der Waals surface area contributed by atoms with E-state index in [4.69, 9.17) is 10.5 Å². The van der Waals surface area contributed by atoms with E-state index in [9.17, 15) is 0 Å². The number of nitrogens with zero attached hydrogens (tertiary/aromatic N) is 1. The van der Waals surface area contributed by atoms with Crippen LogP contribution in [0.25, 0.3) is 10.8 Å². The first-order chi connectivity index (χ1) is 10.3. The summed E-state index contributed by atoms with van der Waals surface area (Å²) in [7, 11) is 0. The Bertz CT molecular complexity index is 774. The summed E-state index contributed by atoms with van der Waals surface area (Å²) in [6.45, 7) is 0.467. The lowest BCUT2D eigenvalue weighted by Gasteiger charge is -2.12. The van der Waals surface area contributed by atoms with Crippen LogP contribution in [0.15, 0.2) is 59.6 Å². The summed E-state index contributed by atoms with van der Waals surface area (Å²) in [6.07, 6.45) is 3.82. The maximum atomic E-state index is 6.04. The summed E-state index contributed by atoms with van der Waals surface area (Å²) in [4.78, 5) is 5.53. The summed E-state index contributed by atoms with van der Waals surface area (Å²) in [5.74, 6) is 1.44. The second kappa shape index (κ2) is 6.16. The Labute approximate surface area is 128 Å². The number of para-hydroxylation sites is 1. The molecule has 0 amide bonds. The third-order valence-electron chi connectivity index (χ3n) is 3.34. The minimum atomic E-state index is 0.467. The normalized spacial score (nSPS) is 10.8. The highest BCUT2D eigenvalue weighted by atomic mass is 32.2. The second-order valence-corrected chi connectivity index (χ2v) is 5.44. The molecule has 0 atom stereocenters. The molecule has 0 aliphatic carbocycles. The number of rotatable bonds is 4. The molecule has 2 N–H and O–H groups in total. The van der Waals surface area contributed by atoms with E-state index in [-0.39, 0.29) is 0 Å². The zero-order valence-electron chi connectivity index (χ0n) is 11.7. The first-order valence-corrected chi connectivity index (χ1v) is 7.93. The van der Waals surface area contributed by atoms with Crippen LogP contribution < -0.4 is 10.5 Å². The summed E-state index contributed by atoms with van der Waals surface area (Å²) in [6, 6.07) is 16.0. The zero-order chi connectivity index (χ0) is 14.7. The molecule has 0 saturated heterocycles. The summed E-state index contributed by atoms with van der Waals surface area (Å²) in [5, 5.41) is 2.07. The molecule has 0 radical (unpaired) electrons. The fourth-order valence-electron chi connectivity index (χ4n) is 2.28. The van der Waals surface area contributed by atoms with E-state index in [1.165, 1.54) is 0 Å². The molecule has 3 nitrogen and oxygen atoms in total. The van der Waals surface area contributed by atoms with E-state index < -0.39 is 0 Å². The van der Waals surface area contributed by atoms with Crippen molar-refractivity contribution in [3.8, 4) is 11.6 Å². The smallest absolute Gasteiger partial charge is 0.227 e. The minimum Gasteiger partial charge on any atom is -0.437 e. The van der Waals surface area contributed by atoms with Crippen LogP contribution in [0.5, 0.6) is 11.6 Å². The predicted molar refractivity (Wildman–Crippen MR) is 87.9 cm³/mol. The van der Waals surface area contributed by atoms with Crippen molar-refractivity contribution in [2.75, 3.05) is 6.26 Å². The molecule has 3 aromatic rings. The topological polar surface area (TPSA) is 48.1 Å². The SMILES string of the molecule is CSc1ccccc1Oc1ncc(CN)c2ccccc12. The van der Waals surface area contributed by atoms with Crippen molar-refractivity contribution in [3.63, 3.8) is 0 Å². The third kappa shape index (κ3) is 2.73. The number of benzene rings is 2. The van der Waals surface area contributed by atoms with Crippen LogP contribution in [0.3, 0.4) is 0 Å². The largest absolute Gasteiger partial charge is 0.437 e. The van der Waals surface area contributed by atoms with Gasteiger partial charge in [-0.1, -0.05) is 30.3 Å². The quantitative estimate of drug-likeness (QED) is 0.733. The molecule has 0 unspecified atom stereocenters. The molecule has 0 spiro atoms. The van der Waals surface area contributed by atoms with Gasteiger partial charge in [0.05, 0.1) is 0 Å². The lowest BCUT2D eigenvalue weighted by atomic mass is 10.1. The van der Waals surface area contributed by atoms with E-state index in [0.717, 1.165) is 27.0 Å². The Morgan fingerprint density at radius 1 is 1.05 bits per heavy atom. The number of hydrogen-bond acceptors (Lipinski definition) is 4. The van der Waals surface area contributed by atoms with Crippen molar-refractivity contribution in [3.05, 3.63) is 60.3 Å². The molecule has 4 heteroatoms. The van der Waals surface area contributed by atoms with Gasteiger partial charge >= 0.3 is 0 Å². The van der Waals surface area contributed by atoms with E-state index in [1.54, 1.807) is 18.0 Å². The fourth-order valence-corrected chi connectivity index (χ4v) is 2.80. The summed E-state index contributed by atoms with van der Waals surface area (Å²) >= 11 is 1.65. The van der Waals surface area contributed by atoms with Crippen LogP contribution in [0, 0.1) is 0 Å². The van der Waals surface area contributed by atoms with Crippen molar-refractivity contribution < 1.29 is 4.74 Å². The monoisotopic (exact) mass is 296 g/mol. The van der Waals surface area contributed by atoms with Crippen LogP contribution in [0.2, 0.25) is 0 Å². The average Bonchev–Trinajstić information content (AvgIpc) is 2.55. The molecule has 0 saturated carbocycles. The van der Waals surface area contributed by atoms with Crippen LogP contribution >= 0.6 is 11.8 Å². The number of ether oxygens (including phenoxy) is 1. The van der Waals surface area contributed by atoms with Gasteiger partial charge in [0.25, 0.3) is 0 Å². The Kier molecular flexibility index (Phi) is 4.08.